The molecular weight excluding hydrogens is 326 g/mol. The van der Waals surface area contributed by atoms with Crippen LogP contribution in [0.5, 0.6) is 5.75 Å². The Morgan fingerprint density at radius 2 is 1.81 bits per heavy atom. The summed E-state index contributed by atoms with van der Waals surface area (Å²) in [5.41, 5.74) is 9.02. The Morgan fingerprint density at radius 1 is 1.12 bits per heavy atom. The molecule has 1 amide bonds. The molecule has 0 spiro atoms. The zero-order valence-corrected chi connectivity index (χ0v) is 15.1. The first-order valence-corrected chi connectivity index (χ1v) is 8.72. The largest absolute Gasteiger partial charge is 0.486 e. The van der Waals surface area contributed by atoms with Gasteiger partial charge in [0, 0.05) is 24.4 Å². The third kappa shape index (κ3) is 4.11. The van der Waals surface area contributed by atoms with Crippen LogP contribution in [0.15, 0.2) is 60.9 Å². The van der Waals surface area contributed by atoms with Gasteiger partial charge in [0.25, 0.3) is 0 Å². The molecule has 2 aromatic carbocycles. The van der Waals surface area contributed by atoms with E-state index in [-0.39, 0.29) is 6.10 Å². The quantitative estimate of drug-likeness (QED) is 0.698. The van der Waals surface area contributed by atoms with E-state index in [1.54, 1.807) is 16.8 Å². The third-order valence-electron chi connectivity index (χ3n) is 4.29. The lowest BCUT2D eigenvalue weighted by Crippen LogP contribution is -2.12. The predicted octanol–water partition coefficient (Wildman–Crippen LogP) is 4.11. The molecule has 0 aliphatic rings. The molecule has 1 aromatic heterocycles. The monoisotopic (exact) mass is 349 g/mol. The molecule has 3 aromatic rings. The average molecular weight is 349 g/mol. The van der Waals surface area contributed by atoms with E-state index in [0.29, 0.717) is 5.56 Å². The smallest absolute Gasteiger partial charge is 0.248 e. The highest BCUT2D eigenvalue weighted by Crippen LogP contribution is 2.28. The standard InChI is InChI=1S/C21H23N3O2/c1-3-4-20(16-5-7-17(8-6-16)21(22)25)26-19-11-9-15(10-12-19)18-13-23-24(2)14-18/h5-14,20H,3-4H2,1-2H3,(H2,22,25). The first-order valence-electron chi connectivity index (χ1n) is 8.72. The molecule has 0 bridgehead atoms. The number of benzene rings is 2. The van der Waals surface area contributed by atoms with Crippen molar-refractivity contribution in [3.63, 3.8) is 0 Å². The van der Waals surface area contributed by atoms with Gasteiger partial charge in [-0.3, -0.25) is 9.48 Å². The van der Waals surface area contributed by atoms with E-state index < -0.39 is 5.91 Å². The van der Waals surface area contributed by atoms with Crippen molar-refractivity contribution in [2.45, 2.75) is 25.9 Å². The van der Waals surface area contributed by atoms with Crippen LogP contribution >= 0.6 is 0 Å². The molecule has 1 unspecified atom stereocenters. The van der Waals surface area contributed by atoms with Crippen molar-refractivity contribution in [2.75, 3.05) is 0 Å². The Balaban J connectivity index is 1.76. The van der Waals surface area contributed by atoms with Crippen LogP contribution < -0.4 is 10.5 Å². The first kappa shape index (κ1) is 17.7. The lowest BCUT2D eigenvalue weighted by Gasteiger charge is -2.19. The highest BCUT2D eigenvalue weighted by Gasteiger charge is 2.13. The molecule has 0 saturated heterocycles. The fourth-order valence-corrected chi connectivity index (χ4v) is 2.88. The van der Waals surface area contributed by atoms with Gasteiger partial charge in [-0.1, -0.05) is 37.6 Å². The van der Waals surface area contributed by atoms with Crippen LogP contribution in [0.3, 0.4) is 0 Å². The molecule has 1 atom stereocenters. The van der Waals surface area contributed by atoms with Gasteiger partial charge >= 0.3 is 0 Å². The number of amides is 1. The van der Waals surface area contributed by atoms with Crippen molar-refractivity contribution in [1.29, 1.82) is 0 Å². The van der Waals surface area contributed by atoms with Crippen LogP contribution in [0.2, 0.25) is 0 Å². The molecule has 26 heavy (non-hydrogen) atoms. The van der Waals surface area contributed by atoms with Crippen molar-refractivity contribution < 1.29 is 9.53 Å². The molecule has 5 nitrogen and oxygen atoms in total. The zero-order valence-electron chi connectivity index (χ0n) is 15.1. The molecule has 0 fully saturated rings. The molecule has 2 N–H and O–H groups in total. The van der Waals surface area contributed by atoms with E-state index in [2.05, 4.69) is 12.0 Å². The van der Waals surface area contributed by atoms with Gasteiger partial charge in [-0.15, -0.1) is 0 Å². The van der Waals surface area contributed by atoms with Crippen LogP contribution in [0, 0.1) is 0 Å². The number of nitrogens with zero attached hydrogens (tertiary/aromatic N) is 2. The molecule has 0 aliphatic heterocycles. The molecule has 134 valence electrons. The maximum Gasteiger partial charge on any atom is 0.248 e. The molecular formula is C21H23N3O2. The minimum atomic E-state index is -0.421. The van der Waals surface area contributed by atoms with Crippen LogP contribution in [0.1, 0.15) is 41.8 Å². The predicted molar refractivity (Wildman–Crippen MR) is 102 cm³/mol. The second-order valence-electron chi connectivity index (χ2n) is 6.31. The fraction of sp³-hybridized carbons (Fsp3) is 0.238. The van der Waals surface area contributed by atoms with Gasteiger partial charge in [-0.25, -0.2) is 0 Å². The average Bonchev–Trinajstić information content (AvgIpc) is 3.08. The van der Waals surface area contributed by atoms with E-state index in [0.717, 1.165) is 35.3 Å². The molecule has 1 heterocycles. The summed E-state index contributed by atoms with van der Waals surface area (Å²) in [4.78, 5) is 11.2. The highest BCUT2D eigenvalue weighted by atomic mass is 16.5. The maximum absolute atomic E-state index is 11.2. The Hall–Kier alpha value is -3.08. The Bertz CT molecular complexity index is 867. The second-order valence-corrected chi connectivity index (χ2v) is 6.31. The summed E-state index contributed by atoms with van der Waals surface area (Å²) in [5.74, 6) is 0.394. The van der Waals surface area contributed by atoms with E-state index >= 15 is 0 Å². The van der Waals surface area contributed by atoms with Gasteiger partial charge in [-0.05, 0) is 41.8 Å². The van der Waals surface area contributed by atoms with Gasteiger partial charge < -0.3 is 10.5 Å². The lowest BCUT2D eigenvalue weighted by atomic mass is 10.0. The summed E-state index contributed by atoms with van der Waals surface area (Å²) < 4.78 is 7.98. The van der Waals surface area contributed by atoms with Crippen molar-refractivity contribution in [2.24, 2.45) is 12.8 Å². The number of carbonyl (C=O) groups excluding carboxylic acids is 1. The molecule has 3 rings (SSSR count). The van der Waals surface area contributed by atoms with E-state index in [1.165, 1.54) is 0 Å². The maximum atomic E-state index is 11.2. The van der Waals surface area contributed by atoms with Crippen LogP contribution in [0.25, 0.3) is 11.1 Å². The normalized spacial score (nSPS) is 11.9. The fourth-order valence-electron chi connectivity index (χ4n) is 2.88. The number of nitrogens with two attached hydrogens (primary N) is 1. The topological polar surface area (TPSA) is 70.1 Å². The zero-order chi connectivity index (χ0) is 18.5. The molecule has 5 heteroatoms. The van der Waals surface area contributed by atoms with Crippen LogP contribution in [-0.4, -0.2) is 15.7 Å². The number of hydrogen-bond donors (Lipinski definition) is 1. The van der Waals surface area contributed by atoms with Crippen molar-refractivity contribution >= 4 is 5.91 Å². The number of hydrogen-bond acceptors (Lipinski definition) is 3. The molecule has 0 saturated carbocycles. The summed E-state index contributed by atoms with van der Waals surface area (Å²) in [6.45, 7) is 2.12. The highest BCUT2D eigenvalue weighted by molar-refractivity contribution is 5.92. The summed E-state index contributed by atoms with van der Waals surface area (Å²) in [7, 11) is 1.90. The second kappa shape index (κ2) is 7.87. The van der Waals surface area contributed by atoms with E-state index in [9.17, 15) is 4.79 Å². The van der Waals surface area contributed by atoms with Gasteiger partial charge in [-0.2, -0.15) is 5.10 Å². The van der Waals surface area contributed by atoms with Gasteiger partial charge in [0.1, 0.15) is 11.9 Å². The van der Waals surface area contributed by atoms with Gasteiger partial charge in [0.05, 0.1) is 6.20 Å². The van der Waals surface area contributed by atoms with Gasteiger partial charge in [0.15, 0.2) is 0 Å². The Kier molecular flexibility index (Phi) is 5.37. The first-order chi connectivity index (χ1) is 12.6. The summed E-state index contributed by atoms with van der Waals surface area (Å²) in [5, 5.41) is 4.20. The number of aryl methyl sites for hydroxylation is 1. The molecule has 0 radical (unpaired) electrons. The summed E-state index contributed by atoms with van der Waals surface area (Å²) in [6, 6.07) is 15.3. The number of carbonyl (C=O) groups is 1. The number of ether oxygens (including phenoxy) is 1. The lowest BCUT2D eigenvalue weighted by molar-refractivity contribution is 0.1000. The number of rotatable bonds is 7. The number of primary amides is 1. The minimum Gasteiger partial charge on any atom is -0.486 e. The SMILES string of the molecule is CCCC(Oc1ccc(-c2cnn(C)c2)cc1)c1ccc(C(N)=O)cc1. The number of aromatic nitrogens is 2. The minimum absolute atomic E-state index is 0.0637. The van der Waals surface area contributed by atoms with Crippen molar-refractivity contribution in [1.82, 2.24) is 9.78 Å². The van der Waals surface area contributed by atoms with Crippen molar-refractivity contribution in [3.8, 4) is 16.9 Å². The van der Waals surface area contributed by atoms with Crippen LogP contribution in [-0.2, 0) is 7.05 Å². The van der Waals surface area contributed by atoms with Crippen molar-refractivity contribution in [3.05, 3.63) is 72.1 Å². The summed E-state index contributed by atoms with van der Waals surface area (Å²) >= 11 is 0. The van der Waals surface area contributed by atoms with Crippen LogP contribution in [0.4, 0.5) is 0 Å². The van der Waals surface area contributed by atoms with E-state index in [1.807, 2.05) is 55.8 Å². The van der Waals surface area contributed by atoms with Gasteiger partial charge in [0.2, 0.25) is 5.91 Å². The third-order valence-corrected chi connectivity index (χ3v) is 4.29. The Labute approximate surface area is 153 Å². The van der Waals surface area contributed by atoms with E-state index in [4.69, 9.17) is 10.5 Å². The summed E-state index contributed by atoms with van der Waals surface area (Å²) in [6.07, 6.45) is 5.65. The molecule has 0 aliphatic carbocycles. The Morgan fingerprint density at radius 3 is 2.35 bits per heavy atom.